The maximum atomic E-state index is 12.4. The van der Waals surface area contributed by atoms with Crippen LogP contribution in [0.1, 0.15) is 63.0 Å². The Bertz CT molecular complexity index is 1880. The van der Waals surface area contributed by atoms with Crippen LogP contribution in [0.5, 0.6) is 0 Å². The van der Waals surface area contributed by atoms with Gasteiger partial charge in [0.15, 0.2) is 5.65 Å². The molecule has 0 atom stereocenters. The second-order valence-corrected chi connectivity index (χ2v) is 13.0. The molecular weight excluding hydrogens is 614 g/mol. The summed E-state index contributed by atoms with van der Waals surface area (Å²) in [4.78, 5) is 29.1. The molecule has 1 aliphatic rings. The van der Waals surface area contributed by atoms with Crippen molar-refractivity contribution in [3.8, 4) is 11.3 Å². The molecule has 49 heavy (non-hydrogen) atoms. The van der Waals surface area contributed by atoms with Gasteiger partial charge in [0.25, 0.3) is 0 Å². The highest BCUT2D eigenvalue weighted by Crippen LogP contribution is 2.31. The number of nitrogens with one attached hydrogen (secondary N) is 3. The zero-order valence-electron chi connectivity index (χ0n) is 29.5. The molecule has 0 aliphatic heterocycles. The molecule has 1 fully saturated rings. The maximum absolute atomic E-state index is 12.4. The summed E-state index contributed by atoms with van der Waals surface area (Å²) in [5, 5.41) is 16.8. The topological polar surface area (TPSA) is 122 Å². The molecular formula is C38H49N9O2. The van der Waals surface area contributed by atoms with Crippen LogP contribution in [0.2, 0.25) is 0 Å². The number of methoxy groups -OCH3 is 1. The second-order valence-electron chi connectivity index (χ2n) is 13.0. The normalized spacial score (nSPS) is 13.6. The van der Waals surface area contributed by atoms with Crippen LogP contribution in [0.25, 0.3) is 27.7 Å². The highest BCUT2D eigenvalue weighted by molar-refractivity contribution is 6.02. The minimum atomic E-state index is -0.152. The molecule has 1 amide bonds. The van der Waals surface area contributed by atoms with Crippen LogP contribution in [0, 0.1) is 0 Å². The van der Waals surface area contributed by atoms with E-state index in [9.17, 15) is 4.79 Å². The monoisotopic (exact) mass is 663 g/mol. The molecule has 258 valence electrons. The summed E-state index contributed by atoms with van der Waals surface area (Å²) >= 11 is 0. The highest BCUT2D eigenvalue weighted by Gasteiger charge is 2.19. The number of carbonyl (C=O) groups is 1. The Morgan fingerprint density at radius 3 is 2.59 bits per heavy atom. The number of likely N-dealkylation sites (N-methyl/N-ethyl adjacent to an activating group) is 1. The van der Waals surface area contributed by atoms with Crippen molar-refractivity contribution in [3.63, 3.8) is 0 Å². The lowest BCUT2D eigenvalue weighted by atomic mass is 9.96. The van der Waals surface area contributed by atoms with E-state index in [2.05, 4.69) is 51.8 Å². The van der Waals surface area contributed by atoms with Crippen molar-refractivity contribution in [1.82, 2.24) is 29.5 Å². The van der Waals surface area contributed by atoms with Gasteiger partial charge in [-0.15, -0.1) is 0 Å². The molecule has 11 nitrogen and oxygen atoms in total. The van der Waals surface area contributed by atoms with Crippen molar-refractivity contribution >= 4 is 39.9 Å². The fourth-order valence-corrected chi connectivity index (χ4v) is 6.01. The van der Waals surface area contributed by atoms with Crippen molar-refractivity contribution in [1.29, 1.82) is 0 Å². The first-order valence-electron chi connectivity index (χ1n) is 17.0. The van der Waals surface area contributed by atoms with E-state index in [4.69, 9.17) is 15.0 Å². The molecule has 3 heterocycles. The third-order valence-corrected chi connectivity index (χ3v) is 8.44. The number of rotatable bonds is 11. The fraction of sp³-hybridized carbons (Fsp3) is 0.395. The van der Waals surface area contributed by atoms with E-state index >= 15 is 0 Å². The van der Waals surface area contributed by atoms with Gasteiger partial charge in [0.1, 0.15) is 0 Å². The Labute approximate surface area is 289 Å². The number of benzene rings is 2. The molecule has 1 saturated carbocycles. The van der Waals surface area contributed by atoms with Crippen LogP contribution >= 0.6 is 0 Å². The summed E-state index contributed by atoms with van der Waals surface area (Å²) in [5.41, 5.74) is 5.65. The average Bonchev–Trinajstić information content (AvgIpc) is 3.52. The van der Waals surface area contributed by atoms with Crippen LogP contribution in [0.3, 0.4) is 0 Å². The van der Waals surface area contributed by atoms with Crippen molar-refractivity contribution in [2.24, 2.45) is 0 Å². The quantitative estimate of drug-likeness (QED) is 0.127. The first-order chi connectivity index (χ1) is 23.8. The smallest absolute Gasteiger partial charge is 0.248 e. The van der Waals surface area contributed by atoms with Gasteiger partial charge in [-0.25, -0.2) is 0 Å². The minimum absolute atomic E-state index is 0.152. The average molecular weight is 664 g/mol. The largest absolute Gasteiger partial charge is 0.388 e. The lowest BCUT2D eigenvalue weighted by molar-refractivity contribution is -0.111. The van der Waals surface area contributed by atoms with Crippen LogP contribution in [0.15, 0.2) is 73.1 Å². The summed E-state index contributed by atoms with van der Waals surface area (Å²) in [5.74, 6) is 1.43. The predicted octanol–water partition coefficient (Wildman–Crippen LogP) is 7.14. The molecule has 1 aliphatic carbocycles. The van der Waals surface area contributed by atoms with Gasteiger partial charge in [0, 0.05) is 67.8 Å². The number of carbonyl (C=O) groups excluding carboxylic acids is 1. The Kier molecular flexibility index (Phi) is 12.3. The van der Waals surface area contributed by atoms with E-state index in [-0.39, 0.29) is 11.8 Å². The zero-order valence-corrected chi connectivity index (χ0v) is 29.5. The summed E-state index contributed by atoms with van der Waals surface area (Å²) < 4.78 is 6.06. The van der Waals surface area contributed by atoms with E-state index in [0.717, 1.165) is 57.3 Å². The van der Waals surface area contributed by atoms with E-state index in [1.54, 1.807) is 20.3 Å². The molecule has 5 aromatic rings. The minimum Gasteiger partial charge on any atom is -0.388 e. The number of amides is 1. The van der Waals surface area contributed by atoms with Gasteiger partial charge in [0.05, 0.1) is 11.9 Å². The standard InChI is InChI=1S/C36H43N9O.C2H6O/c1-24(2)31-23-39-45-34(31)42-35(41-27-12-6-5-7-13-27)43-36(45)38-22-26-11-8-9-14-29(26)33-30-17-16-28(21-25(30)18-19-37-33)40-32(46)15-10-20-44(3)4;1-3-2/h8-11,14-19,21,23-24,27H,5-7,12-13,20,22H2,1-4H3,(H,40,46)(H2,38,41,42,43);1-2H3/b15-10+;. The van der Waals surface area contributed by atoms with Crippen LogP contribution < -0.4 is 16.0 Å². The van der Waals surface area contributed by atoms with E-state index in [1.165, 1.54) is 19.3 Å². The summed E-state index contributed by atoms with van der Waals surface area (Å²) in [6, 6.07) is 16.6. The third-order valence-electron chi connectivity index (χ3n) is 8.44. The molecule has 0 bridgehead atoms. The van der Waals surface area contributed by atoms with E-state index in [0.29, 0.717) is 31.0 Å². The SMILES string of the molecule is CC(C)c1cnn2c(NCc3ccccc3-c3nccc4cc(NC(=O)/C=C/CN(C)C)ccc34)nc(NC3CCCCC3)nc12.COC. The van der Waals surface area contributed by atoms with Crippen molar-refractivity contribution < 1.29 is 9.53 Å². The molecule has 6 rings (SSSR count). The van der Waals surface area contributed by atoms with Crippen molar-refractivity contribution in [2.75, 3.05) is 50.8 Å². The van der Waals surface area contributed by atoms with Gasteiger partial charge >= 0.3 is 0 Å². The third kappa shape index (κ3) is 9.18. The summed E-state index contributed by atoms with van der Waals surface area (Å²) in [6.45, 7) is 5.55. The number of anilines is 3. The molecule has 0 saturated heterocycles. The summed E-state index contributed by atoms with van der Waals surface area (Å²) in [6.07, 6.45) is 13.2. The van der Waals surface area contributed by atoms with Gasteiger partial charge in [-0.05, 0) is 62.0 Å². The van der Waals surface area contributed by atoms with E-state index < -0.39 is 0 Å². The molecule has 0 spiro atoms. The summed E-state index contributed by atoms with van der Waals surface area (Å²) in [7, 11) is 7.18. The van der Waals surface area contributed by atoms with Crippen molar-refractivity contribution in [3.05, 3.63) is 84.2 Å². The number of hydrogen-bond donors (Lipinski definition) is 3. The lowest BCUT2D eigenvalue weighted by Crippen LogP contribution is -2.24. The van der Waals surface area contributed by atoms with Crippen LogP contribution in [-0.2, 0) is 16.1 Å². The predicted molar refractivity (Wildman–Crippen MR) is 199 cm³/mol. The molecule has 0 unspecified atom stereocenters. The van der Waals surface area contributed by atoms with Crippen molar-refractivity contribution in [2.45, 2.75) is 64.5 Å². The first kappa shape index (κ1) is 35.4. The molecule has 3 aromatic heterocycles. The number of nitrogens with zero attached hydrogens (tertiary/aromatic N) is 6. The Morgan fingerprint density at radius 2 is 1.84 bits per heavy atom. The number of pyridine rings is 1. The first-order valence-corrected chi connectivity index (χ1v) is 17.0. The van der Waals surface area contributed by atoms with Gasteiger partial charge in [-0.3, -0.25) is 9.78 Å². The molecule has 11 heteroatoms. The number of hydrogen-bond acceptors (Lipinski definition) is 9. The van der Waals surface area contributed by atoms with Gasteiger partial charge in [0.2, 0.25) is 17.8 Å². The Hall–Kier alpha value is -4.87. The fourth-order valence-electron chi connectivity index (χ4n) is 6.01. The van der Waals surface area contributed by atoms with Gasteiger partial charge in [-0.2, -0.15) is 19.6 Å². The van der Waals surface area contributed by atoms with E-state index in [1.807, 2.05) is 78.4 Å². The highest BCUT2D eigenvalue weighted by atomic mass is 16.4. The van der Waals surface area contributed by atoms with Crippen LogP contribution in [0.4, 0.5) is 17.6 Å². The molecule has 2 aromatic carbocycles. The number of fused-ring (bicyclic) bond motifs is 2. The second kappa shape index (κ2) is 17.0. The van der Waals surface area contributed by atoms with Crippen LogP contribution in [-0.4, -0.2) is 76.3 Å². The maximum Gasteiger partial charge on any atom is 0.248 e. The number of aromatic nitrogens is 5. The molecule has 0 radical (unpaired) electrons. The Morgan fingerprint density at radius 1 is 1.06 bits per heavy atom. The van der Waals surface area contributed by atoms with Gasteiger partial charge < -0.3 is 25.6 Å². The lowest BCUT2D eigenvalue weighted by Gasteiger charge is -2.23. The number of ether oxygens (including phenoxy) is 1. The molecule has 3 N–H and O–H groups in total. The van der Waals surface area contributed by atoms with Gasteiger partial charge in [-0.1, -0.05) is 69.5 Å². The zero-order chi connectivity index (χ0) is 34.8. The Balaban J connectivity index is 0.00000151.